The lowest BCUT2D eigenvalue weighted by molar-refractivity contribution is -0.274. The highest BCUT2D eigenvalue weighted by molar-refractivity contribution is 5.72. The fourth-order valence-corrected chi connectivity index (χ4v) is 3.22. The summed E-state index contributed by atoms with van der Waals surface area (Å²) in [5.41, 5.74) is 2.66. The van der Waals surface area contributed by atoms with Gasteiger partial charge in [-0.15, -0.1) is 13.2 Å². The summed E-state index contributed by atoms with van der Waals surface area (Å²) in [4.78, 5) is 6.80. The minimum Gasteiger partial charge on any atom is -0.406 e. The zero-order valence-corrected chi connectivity index (χ0v) is 16.3. The molecule has 162 valence electrons. The molecule has 0 saturated carbocycles. The van der Waals surface area contributed by atoms with Crippen molar-refractivity contribution in [1.29, 1.82) is 0 Å². The summed E-state index contributed by atoms with van der Waals surface area (Å²) in [5.74, 6) is 0.0889. The molecule has 1 saturated heterocycles. The summed E-state index contributed by atoms with van der Waals surface area (Å²) in [6.07, 6.45) is -4.74. The molecule has 1 fully saturated rings. The van der Waals surface area contributed by atoms with Crippen LogP contribution in [0, 0.1) is 5.82 Å². The van der Waals surface area contributed by atoms with Crippen molar-refractivity contribution in [2.45, 2.75) is 6.36 Å². The van der Waals surface area contributed by atoms with Gasteiger partial charge in [-0.05, 0) is 54.6 Å². The molecule has 2 aromatic carbocycles. The van der Waals surface area contributed by atoms with Gasteiger partial charge in [0.15, 0.2) is 0 Å². The van der Waals surface area contributed by atoms with E-state index >= 15 is 0 Å². The van der Waals surface area contributed by atoms with Crippen LogP contribution in [-0.2, 0) is 4.74 Å². The van der Waals surface area contributed by atoms with Crippen molar-refractivity contribution >= 4 is 17.2 Å². The number of morpholine rings is 1. The zero-order valence-electron chi connectivity index (χ0n) is 16.3. The van der Waals surface area contributed by atoms with Gasteiger partial charge in [0.1, 0.15) is 17.4 Å². The molecule has 2 heterocycles. The molecular weight excluding hydrogens is 414 g/mol. The van der Waals surface area contributed by atoms with Crippen molar-refractivity contribution in [1.82, 2.24) is 4.98 Å². The highest BCUT2D eigenvalue weighted by Gasteiger charge is 2.30. The second kappa shape index (κ2) is 8.81. The minimum atomic E-state index is -4.74. The molecule has 3 aromatic rings. The first-order valence-corrected chi connectivity index (χ1v) is 9.59. The van der Waals surface area contributed by atoms with E-state index in [-0.39, 0.29) is 11.6 Å². The lowest BCUT2D eigenvalue weighted by Crippen LogP contribution is -2.36. The molecule has 0 radical (unpaired) electrons. The van der Waals surface area contributed by atoms with Crippen LogP contribution < -0.4 is 15.0 Å². The highest BCUT2D eigenvalue weighted by atomic mass is 19.4. The van der Waals surface area contributed by atoms with Gasteiger partial charge in [0, 0.05) is 36.1 Å². The molecule has 1 aliphatic heterocycles. The van der Waals surface area contributed by atoms with Crippen LogP contribution in [0.25, 0.3) is 11.3 Å². The Balaban J connectivity index is 1.62. The number of pyridine rings is 1. The van der Waals surface area contributed by atoms with Crippen LogP contribution in [-0.4, -0.2) is 37.6 Å². The summed E-state index contributed by atoms with van der Waals surface area (Å²) >= 11 is 0. The first kappa shape index (κ1) is 20.9. The summed E-state index contributed by atoms with van der Waals surface area (Å²) in [6.45, 7) is 2.54. The van der Waals surface area contributed by atoms with Crippen LogP contribution in [0.5, 0.6) is 5.75 Å². The molecule has 0 atom stereocenters. The van der Waals surface area contributed by atoms with Crippen molar-refractivity contribution in [2.75, 3.05) is 36.5 Å². The van der Waals surface area contributed by atoms with Crippen LogP contribution >= 0.6 is 0 Å². The maximum absolute atomic E-state index is 13.3. The molecule has 0 unspecified atom stereocenters. The van der Waals surface area contributed by atoms with E-state index in [0.29, 0.717) is 43.4 Å². The highest BCUT2D eigenvalue weighted by Crippen LogP contribution is 2.30. The quantitative estimate of drug-likeness (QED) is 0.549. The van der Waals surface area contributed by atoms with Gasteiger partial charge in [0.25, 0.3) is 0 Å². The molecule has 31 heavy (non-hydrogen) atoms. The van der Waals surface area contributed by atoms with E-state index in [0.717, 1.165) is 11.4 Å². The monoisotopic (exact) mass is 433 g/mol. The Hall–Kier alpha value is -3.33. The molecule has 1 aromatic heterocycles. The lowest BCUT2D eigenvalue weighted by Gasteiger charge is -2.28. The van der Waals surface area contributed by atoms with E-state index in [9.17, 15) is 17.6 Å². The molecular formula is C22H19F4N3O2. The van der Waals surface area contributed by atoms with E-state index in [1.54, 1.807) is 18.2 Å². The Labute approximate surface area is 176 Å². The molecule has 1 N–H and O–H groups in total. The second-order valence-electron chi connectivity index (χ2n) is 6.90. The van der Waals surface area contributed by atoms with E-state index in [1.165, 1.54) is 36.4 Å². The fourth-order valence-electron chi connectivity index (χ4n) is 3.22. The summed E-state index contributed by atoms with van der Waals surface area (Å²) in [5, 5.41) is 3.19. The molecule has 0 spiro atoms. The van der Waals surface area contributed by atoms with E-state index in [4.69, 9.17) is 9.72 Å². The van der Waals surface area contributed by atoms with Gasteiger partial charge in [-0.2, -0.15) is 0 Å². The Bertz CT molecular complexity index is 1020. The average Bonchev–Trinajstić information content (AvgIpc) is 2.75. The molecule has 0 bridgehead atoms. The van der Waals surface area contributed by atoms with Gasteiger partial charge < -0.3 is 19.7 Å². The number of anilines is 3. The Morgan fingerprint density at radius 1 is 0.903 bits per heavy atom. The Morgan fingerprint density at radius 2 is 1.58 bits per heavy atom. The van der Waals surface area contributed by atoms with E-state index < -0.39 is 6.36 Å². The molecule has 0 aliphatic carbocycles. The maximum Gasteiger partial charge on any atom is 0.573 e. The van der Waals surface area contributed by atoms with Gasteiger partial charge in [0.2, 0.25) is 0 Å². The van der Waals surface area contributed by atoms with Gasteiger partial charge in [-0.25, -0.2) is 9.37 Å². The molecule has 5 nitrogen and oxygen atoms in total. The number of rotatable bonds is 5. The Kier molecular flexibility index (Phi) is 5.94. The summed E-state index contributed by atoms with van der Waals surface area (Å²) < 4.78 is 59.7. The topological polar surface area (TPSA) is 46.6 Å². The fraction of sp³-hybridized carbons (Fsp3) is 0.227. The van der Waals surface area contributed by atoms with Crippen molar-refractivity contribution in [3.8, 4) is 17.0 Å². The number of hydrogen-bond donors (Lipinski definition) is 1. The number of halogens is 4. The summed E-state index contributed by atoms with van der Waals surface area (Å²) in [6, 6.07) is 15.1. The summed E-state index contributed by atoms with van der Waals surface area (Å²) in [7, 11) is 0. The number of hydrogen-bond acceptors (Lipinski definition) is 5. The number of nitrogens with one attached hydrogen (secondary N) is 1. The number of benzene rings is 2. The largest absolute Gasteiger partial charge is 0.573 e. The van der Waals surface area contributed by atoms with Gasteiger partial charge >= 0.3 is 6.36 Å². The average molecular weight is 433 g/mol. The number of alkyl halides is 3. The third-order valence-corrected chi connectivity index (χ3v) is 4.66. The lowest BCUT2D eigenvalue weighted by atomic mass is 10.1. The first-order chi connectivity index (χ1) is 14.9. The first-order valence-electron chi connectivity index (χ1n) is 9.59. The third kappa shape index (κ3) is 5.64. The van der Waals surface area contributed by atoms with E-state index in [1.807, 2.05) is 6.07 Å². The van der Waals surface area contributed by atoms with Gasteiger partial charge in [0.05, 0.1) is 18.9 Å². The third-order valence-electron chi connectivity index (χ3n) is 4.66. The molecule has 0 amide bonds. The van der Waals surface area contributed by atoms with Gasteiger partial charge in [-0.1, -0.05) is 0 Å². The van der Waals surface area contributed by atoms with Gasteiger partial charge in [-0.3, -0.25) is 0 Å². The van der Waals surface area contributed by atoms with Crippen LogP contribution in [0.3, 0.4) is 0 Å². The predicted octanol–water partition coefficient (Wildman–Crippen LogP) is 5.37. The minimum absolute atomic E-state index is 0.297. The second-order valence-corrected chi connectivity index (χ2v) is 6.90. The van der Waals surface area contributed by atoms with Crippen LogP contribution in [0.4, 0.5) is 34.8 Å². The van der Waals surface area contributed by atoms with Crippen molar-refractivity contribution in [2.24, 2.45) is 0 Å². The van der Waals surface area contributed by atoms with Crippen LogP contribution in [0.1, 0.15) is 0 Å². The zero-order chi connectivity index (χ0) is 21.8. The SMILES string of the molecule is Fc1ccc(-c2cc(Nc3ccc(OC(F)(F)F)cc3)cc(N3CCOCC3)n2)cc1. The van der Waals surface area contributed by atoms with Crippen molar-refractivity contribution in [3.63, 3.8) is 0 Å². The predicted molar refractivity (Wildman–Crippen MR) is 109 cm³/mol. The van der Waals surface area contributed by atoms with Crippen molar-refractivity contribution < 1.29 is 27.0 Å². The molecule has 4 rings (SSSR count). The standard InChI is InChI=1S/C22H19F4N3O2/c23-16-3-1-15(2-4-16)20-13-18(14-21(28-20)29-9-11-30-12-10-29)27-17-5-7-19(8-6-17)31-22(24,25)26/h1-8,13-14H,9-12H2,(H,27,28). The smallest absolute Gasteiger partial charge is 0.406 e. The maximum atomic E-state index is 13.3. The number of ether oxygens (including phenoxy) is 2. The normalized spacial score (nSPS) is 14.4. The molecule has 1 aliphatic rings. The van der Waals surface area contributed by atoms with Crippen molar-refractivity contribution in [3.05, 3.63) is 66.5 Å². The Morgan fingerprint density at radius 3 is 2.23 bits per heavy atom. The number of aromatic nitrogens is 1. The van der Waals surface area contributed by atoms with Crippen LogP contribution in [0.15, 0.2) is 60.7 Å². The molecule has 9 heteroatoms. The van der Waals surface area contributed by atoms with E-state index in [2.05, 4.69) is 15.0 Å². The number of nitrogens with zero attached hydrogens (tertiary/aromatic N) is 2. The van der Waals surface area contributed by atoms with Crippen LogP contribution in [0.2, 0.25) is 0 Å².